The lowest BCUT2D eigenvalue weighted by molar-refractivity contribution is 0.0564. The van der Waals surface area contributed by atoms with Gasteiger partial charge in [-0.2, -0.15) is 0 Å². The molecule has 0 rings (SSSR count). The quantitative estimate of drug-likeness (QED) is 0.542. The van der Waals surface area contributed by atoms with Crippen molar-refractivity contribution in [2.24, 2.45) is 4.99 Å². The lowest BCUT2D eigenvalue weighted by Crippen LogP contribution is -2.35. The van der Waals surface area contributed by atoms with E-state index in [1.807, 2.05) is 34.0 Å². The summed E-state index contributed by atoms with van der Waals surface area (Å²) < 4.78 is 5.07. The van der Waals surface area contributed by atoms with Crippen molar-refractivity contribution in [3.8, 4) is 0 Å². The van der Waals surface area contributed by atoms with E-state index in [1.165, 1.54) is 11.8 Å². The monoisotopic (exact) mass is 218 g/mol. The lowest BCUT2D eigenvalue weighted by atomic mass is 10.2. The van der Waals surface area contributed by atoms with Gasteiger partial charge in [-0.15, -0.1) is 0 Å². The summed E-state index contributed by atoms with van der Waals surface area (Å²) >= 11 is 1.39. The summed E-state index contributed by atoms with van der Waals surface area (Å²) in [6.45, 7) is 8.02. The van der Waals surface area contributed by atoms with Crippen molar-refractivity contribution in [2.75, 3.05) is 12.8 Å². The van der Waals surface area contributed by atoms with Gasteiger partial charge in [-0.3, -0.25) is 10.3 Å². The average Bonchev–Trinajstić information content (AvgIpc) is 2.00. The van der Waals surface area contributed by atoms with Crippen LogP contribution in [0.15, 0.2) is 4.99 Å². The Hall–Kier alpha value is -0.710. The predicted molar refractivity (Wildman–Crippen MR) is 60.9 cm³/mol. The van der Waals surface area contributed by atoms with E-state index in [0.29, 0.717) is 11.7 Å². The highest BCUT2D eigenvalue weighted by Gasteiger charge is 2.16. The number of ether oxygens (including phenoxy) is 1. The highest BCUT2D eigenvalue weighted by molar-refractivity contribution is 8.13. The maximum absolute atomic E-state index is 11.3. The van der Waals surface area contributed by atoms with Gasteiger partial charge in [-0.25, -0.2) is 4.79 Å². The minimum Gasteiger partial charge on any atom is -0.444 e. The molecule has 0 spiro atoms. The van der Waals surface area contributed by atoms with E-state index in [1.54, 1.807) is 0 Å². The third-order valence-corrected chi connectivity index (χ3v) is 1.72. The van der Waals surface area contributed by atoms with Crippen molar-refractivity contribution >= 4 is 23.0 Å². The van der Waals surface area contributed by atoms with E-state index in [2.05, 4.69) is 10.3 Å². The van der Waals surface area contributed by atoms with Crippen molar-refractivity contribution in [2.45, 2.75) is 33.3 Å². The standard InChI is InChI=1S/C9H18N2O2S/c1-6-10-7(14-5)11-8(12)13-9(2,3)4/h6H2,1-5H3,(H,10,11,12). The molecular weight excluding hydrogens is 200 g/mol. The molecule has 82 valence electrons. The van der Waals surface area contributed by atoms with Crippen LogP contribution >= 0.6 is 11.8 Å². The number of alkyl carbamates (subject to hydrolysis) is 1. The highest BCUT2D eigenvalue weighted by atomic mass is 32.2. The van der Waals surface area contributed by atoms with Crippen molar-refractivity contribution in [3.63, 3.8) is 0 Å². The molecular formula is C9H18N2O2S. The Bertz CT molecular complexity index is 221. The van der Waals surface area contributed by atoms with Crippen LogP contribution in [-0.2, 0) is 4.74 Å². The molecule has 1 amide bonds. The first kappa shape index (κ1) is 13.3. The zero-order valence-electron chi connectivity index (χ0n) is 9.38. The average molecular weight is 218 g/mol. The molecule has 1 N–H and O–H groups in total. The molecule has 14 heavy (non-hydrogen) atoms. The van der Waals surface area contributed by atoms with Gasteiger partial charge in [0.25, 0.3) is 0 Å². The Morgan fingerprint density at radius 2 is 2.07 bits per heavy atom. The summed E-state index contributed by atoms with van der Waals surface area (Å²) in [5.41, 5.74) is -0.472. The first-order valence-electron chi connectivity index (χ1n) is 4.47. The molecule has 0 aliphatic carbocycles. The van der Waals surface area contributed by atoms with Gasteiger partial charge < -0.3 is 4.74 Å². The molecule has 0 unspecified atom stereocenters. The van der Waals surface area contributed by atoms with Crippen molar-refractivity contribution in [1.29, 1.82) is 0 Å². The maximum Gasteiger partial charge on any atom is 0.413 e. The molecule has 0 heterocycles. The van der Waals surface area contributed by atoms with Crippen LogP contribution in [-0.4, -0.2) is 29.7 Å². The van der Waals surface area contributed by atoms with E-state index in [-0.39, 0.29) is 0 Å². The van der Waals surface area contributed by atoms with Gasteiger partial charge in [-0.05, 0) is 34.0 Å². The van der Waals surface area contributed by atoms with Gasteiger partial charge in [-0.1, -0.05) is 11.8 Å². The van der Waals surface area contributed by atoms with Crippen LogP contribution in [0.4, 0.5) is 4.79 Å². The smallest absolute Gasteiger partial charge is 0.413 e. The summed E-state index contributed by atoms with van der Waals surface area (Å²) in [5, 5.41) is 3.16. The van der Waals surface area contributed by atoms with Gasteiger partial charge in [0.05, 0.1) is 0 Å². The molecule has 0 fully saturated rings. The Kier molecular flexibility index (Phi) is 5.60. The molecule has 0 aromatic heterocycles. The molecule has 0 radical (unpaired) electrons. The van der Waals surface area contributed by atoms with E-state index in [4.69, 9.17) is 4.74 Å². The molecule has 0 saturated carbocycles. The topological polar surface area (TPSA) is 50.7 Å². The molecule has 4 nitrogen and oxygen atoms in total. The number of thioether (sulfide) groups is 1. The van der Waals surface area contributed by atoms with Crippen LogP contribution in [0.5, 0.6) is 0 Å². The lowest BCUT2D eigenvalue weighted by Gasteiger charge is -2.19. The van der Waals surface area contributed by atoms with E-state index in [9.17, 15) is 4.79 Å². The van der Waals surface area contributed by atoms with Crippen molar-refractivity contribution in [3.05, 3.63) is 0 Å². The third-order valence-electron chi connectivity index (χ3n) is 1.10. The second-order valence-electron chi connectivity index (χ2n) is 3.61. The van der Waals surface area contributed by atoms with Crippen LogP contribution in [0, 0.1) is 0 Å². The summed E-state index contributed by atoms with van der Waals surface area (Å²) in [7, 11) is 0. The molecule has 0 atom stereocenters. The number of rotatable bonds is 1. The Morgan fingerprint density at radius 3 is 2.43 bits per heavy atom. The predicted octanol–water partition coefficient (Wildman–Crippen LogP) is 2.25. The number of carbonyl (C=O) groups is 1. The molecule has 0 saturated heterocycles. The van der Waals surface area contributed by atoms with Gasteiger partial charge in [0.1, 0.15) is 5.60 Å². The summed E-state index contributed by atoms with van der Waals surface area (Å²) in [6, 6.07) is 0. The van der Waals surface area contributed by atoms with Gasteiger partial charge in [0, 0.05) is 6.54 Å². The normalized spacial score (nSPS) is 12.5. The molecule has 0 bridgehead atoms. The maximum atomic E-state index is 11.3. The second kappa shape index (κ2) is 5.90. The number of hydrogen-bond acceptors (Lipinski definition) is 4. The van der Waals surface area contributed by atoms with Gasteiger partial charge in [0.15, 0.2) is 5.17 Å². The molecule has 0 aliphatic heterocycles. The molecule has 0 aliphatic rings. The zero-order chi connectivity index (χ0) is 11.2. The van der Waals surface area contributed by atoms with Crippen molar-refractivity contribution in [1.82, 2.24) is 5.32 Å². The van der Waals surface area contributed by atoms with Crippen LogP contribution in [0.2, 0.25) is 0 Å². The number of carbonyl (C=O) groups excluding carboxylic acids is 1. The number of nitrogens with zero attached hydrogens (tertiary/aromatic N) is 1. The first-order valence-corrected chi connectivity index (χ1v) is 5.70. The Morgan fingerprint density at radius 1 is 1.50 bits per heavy atom. The fraction of sp³-hybridized carbons (Fsp3) is 0.778. The van der Waals surface area contributed by atoms with E-state index >= 15 is 0 Å². The minimum absolute atomic E-state index is 0.459. The van der Waals surface area contributed by atoms with Crippen LogP contribution in [0.1, 0.15) is 27.7 Å². The van der Waals surface area contributed by atoms with Crippen LogP contribution in [0.3, 0.4) is 0 Å². The molecule has 0 aromatic rings. The van der Waals surface area contributed by atoms with Crippen molar-refractivity contribution < 1.29 is 9.53 Å². The second-order valence-corrected chi connectivity index (χ2v) is 4.41. The number of aliphatic imine (C=N–C) groups is 1. The number of hydrogen-bond donors (Lipinski definition) is 1. The van der Waals surface area contributed by atoms with E-state index in [0.717, 1.165) is 0 Å². The van der Waals surface area contributed by atoms with Gasteiger partial charge >= 0.3 is 6.09 Å². The number of amides is 1. The molecule has 0 aromatic carbocycles. The minimum atomic E-state index is -0.472. The number of nitrogens with one attached hydrogen (secondary N) is 1. The number of amidine groups is 1. The first-order chi connectivity index (χ1) is 6.39. The highest BCUT2D eigenvalue weighted by Crippen LogP contribution is 2.07. The van der Waals surface area contributed by atoms with Crippen LogP contribution in [0.25, 0.3) is 0 Å². The van der Waals surface area contributed by atoms with E-state index < -0.39 is 11.7 Å². The Balaban J connectivity index is 4.11. The largest absolute Gasteiger partial charge is 0.444 e. The summed E-state index contributed by atoms with van der Waals surface area (Å²) in [4.78, 5) is 15.4. The SMILES string of the molecule is CCN=C(NC(=O)OC(C)(C)C)SC. The third kappa shape index (κ3) is 6.77. The van der Waals surface area contributed by atoms with Gasteiger partial charge in [0.2, 0.25) is 0 Å². The fourth-order valence-corrected chi connectivity index (χ4v) is 1.13. The Labute approximate surface area is 89.5 Å². The molecule has 5 heteroatoms. The zero-order valence-corrected chi connectivity index (χ0v) is 10.2. The fourth-order valence-electron chi connectivity index (χ4n) is 0.690. The van der Waals surface area contributed by atoms with Crippen LogP contribution < -0.4 is 5.32 Å². The summed E-state index contributed by atoms with van der Waals surface area (Å²) in [6.07, 6.45) is 1.39. The summed E-state index contributed by atoms with van der Waals surface area (Å²) in [5.74, 6) is 0.